The number of cyclic esters (lactones) is 1. The SMILES string of the molecule is CNC(=O)C1CN(c2cc(F)c(C3=CCN(C(=O)[C@H](O)C#P=O)CC3)c(F)c2)C(=O)O1. The summed E-state index contributed by atoms with van der Waals surface area (Å²) >= 11 is 0. The molecule has 12 heteroatoms. The molecule has 1 fully saturated rings. The van der Waals surface area contributed by atoms with Crippen molar-refractivity contribution in [2.24, 2.45) is 0 Å². The molecule has 1 unspecified atom stereocenters. The van der Waals surface area contributed by atoms with Crippen LogP contribution in [0.2, 0.25) is 0 Å². The second-order valence-electron chi connectivity index (χ2n) is 6.77. The van der Waals surface area contributed by atoms with E-state index in [4.69, 9.17) is 4.74 Å². The van der Waals surface area contributed by atoms with Crippen LogP contribution in [0.5, 0.6) is 0 Å². The first-order valence-electron chi connectivity index (χ1n) is 9.19. The summed E-state index contributed by atoms with van der Waals surface area (Å²) in [5.41, 5.74) is 1.97. The van der Waals surface area contributed by atoms with E-state index in [0.717, 1.165) is 17.0 Å². The van der Waals surface area contributed by atoms with E-state index in [1.54, 1.807) is 0 Å². The standard InChI is InChI=1S/C19H18F2N3O6P/c1-22-17(26)15-8-24(19(28)30-15)11-6-12(20)16(13(21)7-11)10-2-4-23(5-3-10)18(27)14(25)9-31-29/h2,6-7,14-15,25H,3-5,8H2,1H3,(H,22,26)/t14-,15?/m1/s1. The first kappa shape index (κ1) is 22.7. The van der Waals surface area contributed by atoms with E-state index in [9.17, 15) is 32.8 Å². The summed E-state index contributed by atoms with van der Waals surface area (Å²) < 4.78 is 44.9. The molecule has 0 saturated carbocycles. The van der Waals surface area contributed by atoms with Crippen LogP contribution in [-0.2, 0) is 18.9 Å². The molecule has 2 aliphatic heterocycles. The van der Waals surface area contributed by atoms with Crippen LogP contribution < -0.4 is 10.2 Å². The van der Waals surface area contributed by atoms with Gasteiger partial charge in [-0.25, -0.2) is 4.79 Å². The summed E-state index contributed by atoms with van der Waals surface area (Å²) in [7, 11) is 0.768. The maximum atomic E-state index is 14.8. The number of aliphatic hydroxyl groups is 1. The third-order valence-corrected chi connectivity index (χ3v) is 5.29. The van der Waals surface area contributed by atoms with Crippen LogP contribution >= 0.6 is 7.92 Å². The molecule has 9 nitrogen and oxygen atoms in total. The van der Waals surface area contributed by atoms with Crippen molar-refractivity contribution in [1.29, 1.82) is 0 Å². The maximum absolute atomic E-state index is 14.8. The number of benzene rings is 1. The Labute approximate surface area is 176 Å². The van der Waals surface area contributed by atoms with Gasteiger partial charge in [0, 0.05) is 7.05 Å². The van der Waals surface area contributed by atoms with Crippen LogP contribution in [-0.4, -0.2) is 66.8 Å². The average Bonchev–Trinajstić information content (AvgIpc) is 3.14. The summed E-state index contributed by atoms with van der Waals surface area (Å²) in [4.78, 5) is 37.9. The molecule has 2 atom stereocenters. The molecule has 2 heterocycles. The van der Waals surface area contributed by atoms with Gasteiger partial charge in [-0.3, -0.25) is 4.79 Å². The van der Waals surface area contributed by atoms with Crippen LogP contribution in [0.3, 0.4) is 0 Å². The molecule has 1 aromatic carbocycles. The topological polar surface area (TPSA) is 116 Å². The number of nitrogens with one attached hydrogen (secondary N) is 1. The van der Waals surface area contributed by atoms with Crippen LogP contribution in [0.4, 0.5) is 19.3 Å². The zero-order valence-electron chi connectivity index (χ0n) is 16.3. The zero-order chi connectivity index (χ0) is 22.7. The number of nitrogens with zero attached hydrogens (tertiary/aromatic N) is 2. The normalized spacial score (nSPS) is 19.3. The van der Waals surface area contributed by atoms with E-state index < -0.39 is 49.7 Å². The minimum Gasteiger partial charge on any atom is -0.434 e. The number of halogens is 2. The number of rotatable bonds is 4. The predicted molar refractivity (Wildman–Crippen MR) is 105 cm³/mol. The van der Waals surface area contributed by atoms with Gasteiger partial charge in [0.15, 0.2) is 6.10 Å². The summed E-state index contributed by atoms with van der Waals surface area (Å²) in [6.07, 6.45) is -2.06. The molecule has 1 saturated heterocycles. The van der Waals surface area contributed by atoms with E-state index in [-0.39, 0.29) is 37.3 Å². The van der Waals surface area contributed by atoms with Gasteiger partial charge in [0.25, 0.3) is 5.91 Å². The fourth-order valence-electron chi connectivity index (χ4n) is 3.37. The van der Waals surface area contributed by atoms with Gasteiger partial charge < -0.3 is 10.1 Å². The Kier molecular flexibility index (Phi) is 6.90. The van der Waals surface area contributed by atoms with Crippen molar-refractivity contribution in [2.45, 2.75) is 18.6 Å². The smallest absolute Gasteiger partial charge is 0.415 e. The van der Waals surface area contributed by atoms with Gasteiger partial charge in [-0.1, -0.05) is 0 Å². The van der Waals surface area contributed by atoms with Gasteiger partial charge in [-0.15, -0.1) is 0 Å². The molecule has 0 aliphatic carbocycles. The zero-order valence-corrected chi connectivity index (χ0v) is 17.2. The Morgan fingerprint density at radius 2 is 2.03 bits per heavy atom. The van der Waals surface area contributed by atoms with Gasteiger partial charge in [0.2, 0.25) is 0 Å². The van der Waals surface area contributed by atoms with Crippen molar-refractivity contribution in [1.82, 2.24) is 10.2 Å². The molecule has 0 bridgehead atoms. The summed E-state index contributed by atoms with van der Waals surface area (Å²) in [6, 6.07) is 1.95. The predicted octanol–water partition coefficient (Wildman–Crippen LogP) is 1.26. The van der Waals surface area contributed by atoms with Crippen LogP contribution in [0.25, 0.3) is 5.57 Å². The van der Waals surface area contributed by atoms with E-state index in [1.165, 1.54) is 18.0 Å². The van der Waals surface area contributed by atoms with Gasteiger partial charge >= 0.3 is 131 Å². The average molecular weight is 453 g/mol. The Balaban J connectivity index is 1.79. The second kappa shape index (κ2) is 9.43. The number of carbonyl (C=O) groups excluding carboxylic acids is 3. The third kappa shape index (κ3) is 4.69. The van der Waals surface area contributed by atoms with Crippen LogP contribution in [0, 0.1) is 17.3 Å². The Morgan fingerprint density at radius 3 is 2.58 bits per heavy atom. The second-order valence-corrected chi connectivity index (χ2v) is 7.21. The quantitative estimate of drug-likeness (QED) is 0.664. The van der Waals surface area contributed by atoms with Gasteiger partial charge in [-0.2, -0.15) is 0 Å². The first-order chi connectivity index (χ1) is 14.8. The van der Waals surface area contributed by atoms with E-state index >= 15 is 0 Å². The number of aliphatic hydroxyl groups excluding tert-OH is 1. The molecule has 0 spiro atoms. The first-order valence-corrected chi connectivity index (χ1v) is 10.0. The number of carbonyl (C=O) groups is 3. The van der Waals surface area contributed by atoms with Crippen molar-refractivity contribution in [2.75, 3.05) is 31.6 Å². The fraction of sp³-hybridized carbons (Fsp3) is 0.368. The van der Waals surface area contributed by atoms with E-state index in [2.05, 4.69) is 5.32 Å². The van der Waals surface area contributed by atoms with E-state index in [1.807, 2.05) is 5.63 Å². The molecular formula is C19H18F2N3O6P. The Hall–Kier alpha value is -3.00. The minimum absolute atomic E-state index is 0.00442. The molecular weight excluding hydrogens is 435 g/mol. The number of ether oxygens (including phenoxy) is 1. The molecule has 1 aromatic rings. The van der Waals surface area contributed by atoms with Crippen LogP contribution in [0.1, 0.15) is 12.0 Å². The molecule has 0 radical (unpaired) electrons. The monoisotopic (exact) mass is 453 g/mol. The van der Waals surface area contributed by atoms with E-state index in [0.29, 0.717) is 5.57 Å². The molecule has 3 rings (SSSR count). The molecule has 3 amide bonds. The number of hydrogen-bond donors (Lipinski definition) is 2. The van der Waals surface area contributed by atoms with Gasteiger partial charge in [-0.05, 0) is 0 Å². The summed E-state index contributed by atoms with van der Waals surface area (Å²) in [5, 5.41) is 11.9. The fourth-order valence-corrected chi connectivity index (χ4v) is 3.58. The van der Waals surface area contributed by atoms with Crippen molar-refractivity contribution >= 4 is 37.1 Å². The summed E-state index contributed by atoms with van der Waals surface area (Å²) in [5.74, 6) is -3.07. The minimum atomic E-state index is -1.65. The Bertz CT molecular complexity index is 1050. The molecule has 2 aliphatic rings. The van der Waals surface area contributed by atoms with Crippen LogP contribution in [0.15, 0.2) is 18.2 Å². The number of amides is 3. The number of anilines is 1. The number of hydrogen-bond acceptors (Lipinski definition) is 6. The van der Waals surface area contributed by atoms with Crippen molar-refractivity contribution in [3.63, 3.8) is 0 Å². The Morgan fingerprint density at radius 1 is 1.35 bits per heavy atom. The molecule has 164 valence electrons. The van der Waals surface area contributed by atoms with Gasteiger partial charge in [0.1, 0.15) is 0 Å². The van der Waals surface area contributed by atoms with Gasteiger partial charge in [0.05, 0.1) is 6.54 Å². The molecule has 31 heavy (non-hydrogen) atoms. The maximum Gasteiger partial charge on any atom is 0.415 e. The molecule has 2 N–H and O–H groups in total. The van der Waals surface area contributed by atoms with Crippen molar-refractivity contribution < 1.29 is 37.6 Å². The van der Waals surface area contributed by atoms with Crippen molar-refractivity contribution in [3.8, 4) is 5.63 Å². The summed E-state index contributed by atoms with van der Waals surface area (Å²) in [6.45, 7) is -0.1000. The van der Waals surface area contributed by atoms with Crippen molar-refractivity contribution in [3.05, 3.63) is 35.4 Å². The largest absolute Gasteiger partial charge is 0.434 e. The third-order valence-electron chi connectivity index (χ3n) is 4.94. The number of likely N-dealkylation sites (N-methyl/N-ethyl adjacent to an activating group) is 1. The molecule has 0 aromatic heterocycles.